The van der Waals surface area contributed by atoms with Crippen molar-refractivity contribution in [1.29, 1.82) is 0 Å². The molecular weight excluding hydrogens is 172 g/mol. The summed E-state index contributed by atoms with van der Waals surface area (Å²) in [5, 5.41) is 10.1. The maximum Gasteiger partial charge on any atom is 0.137 e. The Morgan fingerprint density at radius 1 is 1.33 bits per heavy atom. The molecule has 0 aliphatic rings. The molecule has 1 N–H and O–H groups in total. The average molecular weight is 185 g/mol. The van der Waals surface area contributed by atoms with Crippen molar-refractivity contribution < 1.29 is 5.11 Å². The van der Waals surface area contributed by atoms with Crippen molar-refractivity contribution in [2.75, 3.05) is 0 Å². The molecule has 0 amide bonds. The summed E-state index contributed by atoms with van der Waals surface area (Å²) in [6.45, 7) is 6.06. The number of hydrogen-bond acceptors (Lipinski definition) is 1. The highest BCUT2D eigenvalue weighted by atomic mass is 35.5. The van der Waals surface area contributed by atoms with Gasteiger partial charge in [0.1, 0.15) is 5.75 Å². The number of rotatable bonds is 1. The van der Waals surface area contributed by atoms with E-state index in [2.05, 4.69) is 0 Å². The first-order valence-electron chi connectivity index (χ1n) is 4.02. The van der Waals surface area contributed by atoms with E-state index in [1.165, 1.54) is 0 Å². The number of aryl methyl sites for hydroxylation is 1. The Morgan fingerprint density at radius 3 is 2.33 bits per heavy atom. The second-order valence-corrected chi connectivity index (χ2v) is 3.69. The van der Waals surface area contributed by atoms with Crippen LogP contribution in [0.1, 0.15) is 30.9 Å². The van der Waals surface area contributed by atoms with E-state index < -0.39 is 0 Å². The second-order valence-electron chi connectivity index (χ2n) is 3.28. The van der Waals surface area contributed by atoms with E-state index in [-0.39, 0.29) is 5.75 Å². The summed E-state index contributed by atoms with van der Waals surface area (Å²) in [5.41, 5.74) is 2.04. The molecule has 0 fully saturated rings. The fraction of sp³-hybridized carbons (Fsp3) is 0.400. The van der Waals surface area contributed by atoms with Crippen molar-refractivity contribution in [2.24, 2.45) is 0 Å². The van der Waals surface area contributed by atoms with Gasteiger partial charge in [-0.15, -0.1) is 0 Å². The number of phenolic OH excluding ortho intramolecular Hbond substituents is 1. The number of hydrogen-bond donors (Lipinski definition) is 1. The highest BCUT2D eigenvalue weighted by Crippen LogP contribution is 2.34. The minimum Gasteiger partial charge on any atom is -0.506 e. The van der Waals surface area contributed by atoms with E-state index in [9.17, 15) is 5.11 Å². The van der Waals surface area contributed by atoms with Gasteiger partial charge in [-0.25, -0.2) is 0 Å². The molecule has 0 spiro atoms. The monoisotopic (exact) mass is 184 g/mol. The van der Waals surface area contributed by atoms with Crippen LogP contribution in [0.4, 0.5) is 0 Å². The van der Waals surface area contributed by atoms with E-state index >= 15 is 0 Å². The molecule has 1 aromatic rings. The predicted octanol–water partition coefficient (Wildman–Crippen LogP) is 3.48. The van der Waals surface area contributed by atoms with Crippen LogP contribution in [-0.2, 0) is 0 Å². The Bertz CT molecular complexity index is 292. The van der Waals surface area contributed by atoms with Crippen LogP contribution >= 0.6 is 11.6 Å². The van der Waals surface area contributed by atoms with E-state index in [4.69, 9.17) is 11.6 Å². The zero-order valence-corrected chi connectivity index (χ0v) is 8.31. The maximum atomic E-state index is 9.62. The summed E-state index contributed by atoms with van der Waals surface area (Å²) in [6, 6.07) is 3.65. The number of halogens is 1. The standard InChI is InChI=1S/C10H13ClO/c1-6(2)9-7(3)4-5-8(11)10(9)12/h4-6,12H,1-3H3. The predicted molar refractivity (Wildman–Crippen MR) is 51.9 cm³/mol. The summed E-state index contributed by atoms with van der Waals surface area (Å²) >= 11 is 5.78. The summed E-state index contributed by atoms with van der Waals surface area (Å²) in [5.74, 6) is 0.537. The molecule has 1 rings (SSSR count). The highest BCUT2D eigenvalue weighted by molar-refractivity contribution is 6.32. The third kappa shape index (κ3) is 1.56. The van der Waals surface area contributed by atoms with Crippen LogP contribution in [0.25, 0.3) is 0 Å². The molecule has 0 bridgehead atoms. The van der Waals surface area contributed by atoms with Crippen LogP contribution in [0.3, 0.4) is 0 Å². The van der Waals surface area contributed by atoms with Gasteiger partial charge in [0.25, 0.3) is 0 Å². The molecule has 66 valence electrons. The van der Waals surface area contributed by atoms with E-state index in [1.54, 1.807) is 6.07 Å². The summed E-state index contributed by atoms with van der Waals surface area (Å²) in [7, 11) is 0. The van der Waals surface area contributed by atoms with Crippen molar-refractivity contribution in [3.63, 3.8) is 0 Å². The van der Waals surface area contributed by atoms with Crippen LogP contribution in [-0.4, -0.2) is 5.11 Å². The quantitative estimate of drug-likeness (QED) is 0.709. The Balaban J connectivity index is 3.33. The SMILES string of the molecule is Cc1ccc(Cl)c(O)c1C(C)C. The Hall–Kier alpha value is -0.690. The van der Waals surface area contributed by atoms with E-state index in [0.717, 1.165) is 11.1 Å². The fourth-order valence-corrected chi connectivity index (χ4v) is 1.58. The third-order valence-electron chi connectivity index (χ3n) is 1.96. The van der Waals surface area contributed by atoms with Crippen molar-refractivity contribution in [1.82, 2.24) is 0 Å². The van der Waals surface area contributed by atoms with Gasteiger partial charge in [-0.3, -0.25) is 0 Å². The van der Waals surface area contributed by atoms with Gasteiger partial charge in [-0.1, -0.05) is 31.5 Å². The molecule has 0 aliphatic heterocycles. The zero-order chi connectivity index (χ0) is 9.30. The van der Waals surface area contributed by atoms with Gasteiger partial charge in [-0.2, -0.15) is 0 Å². The van der Waals surface area contributed by atoms with Gasteiger partial charge in [-0.05, 0) is 24.5 Å². The van der Waals surface area contributed by atoms with Gasteiger partial charge in [0, 0.05) is 5.56 Å². The Labute approximate surface area is 78.0 Å². The average Bonchev–Trinajstić information content (AvgIpc) is 1.97. The van der Waals surface area contributed by atoms with E-state index in [0.29, 0.717) is 10.9 Å². The van der Waals surface area contributed by atoms with Gasteiger partial charge in [0.05, 0.1) is 5.02 Å². The molecule has 0 heterocycles. The summed E-state index contributed by atoms with van der Waals surface area (Å²) in [6.07, 6.45) is 0. The molecular formula is C10H13ClO. The molecule has 0 atom stereocenters. The van der Waals surface area contributed by atoms with Crippen molar-refractivity contribution in [2.45, 2.75) is 26.7 Å². The van der Waals surface area contributed by atoms with Crippen LogP contribution in [0.15, 0.2) is 12.1 Å². The minimum atomic E-state index is 0.228. The summed E-state index contributed by atoms with van der Waals surface area (Å²) in [4.78, 5) is 0. The fourth-order valence-electron chi connectivity index (χ4n) is 1.41. The number of phenols is 1. The molecule has 0 aliphatic carbocycles. The second kappa shape index (κ2) is 3.36. The highest BCUT2D eigenvalue weighted by Gasteiger charge is 2.11. The first-order valence-corrected chi connectivity index (χ1v) is 4.39. The number of aromatic hydroxyl groups is 1. The van der Waals surface area contributed by atoms with Crippen molar-refractivity contribution in [3.8, 4) is 5.75 Å². The van der Waals surface area contributed by atoms with Crippen molar-refractivity contribution in [3.05, 3.63) is 28.3 Å². The maximum absolute atomic E-state index is 9.62. The largest absolute Gasteiger partial charge is 0.506 e. The van der Waals surface area contributed by atoms with Gasteiger partial charge in [0.2, 0.25) is 0 Å². The third-order valence-corrected chi connectivity index (χ3v) is 2.27. The Kier molecular flexibility index (Phi) is 2.63. The normalized spacial score (nSPS) is 10.8. The minimum absolute atomic E-state index is 0.228. The lowest BCUT2D eigenvalue weighted by molar-refractivity contribution is 0.464. The van der Waals surface area contributed by atoms with Crippen LogP contribution < -0.4 is 0 Å². The van der Waals surface area contributed by atoms with Gasteiger partial charge >= 0.3 is 0 Å². The molecule has 0 radical (unpaired) electrons. The Morgan fingerprint density at radius 2 is 1.92 bits per heavy atom. The first kappa shape index (κ1) is 9.40. The molecule has 0 saturated heterocycles. The first-order chi connectivity index (χ1) is 5.54. The van der Waals surface area contributed by atoms with Crippen LogP contribution in [0.2, 0.25) is 5.02 Å². The molecule has 2 heteroatoms. The van der Waals surface area contributed by atoms with Crippen LogP contribution in [0.5, 0.6) is 5.75 Å². The van der Waals surface area contributed by atoms with E-state index in [1.807, 2.05) is 26.8 Å². The molecule has 0 aromatic heterocycles. The van der Waals surface area contributed by atoms with Crippen LogP contribution in [0, 0.1) is 6.92 Å². The molecule has 1 nitrogen and oxygen atoms in total. The lowest BCUT2D eigenvalue weighted by Crippen LogP contribution is -1.92. The lowest BCUT2D eigenvalue weighted by Gasteiger charge is -2.12. The van der Waals surface area contributed by atoms with Gasteiger partial charge in [0.15, 0.2) is 0 Å². The summed E-state index contributed by atoms with van der Waals surface area (Å²) < 4.78 is 0. The molecule has 0 saturated carbocycles. The topological polar surface area (TPSA) is 20.2 Å². The molecule has 1 aromatic carbocycles. The smallest absolute Gasteiger partial charge is 0.137 e. The zero-order valence-electron chi connectivity index (χ0n) is 7.56. The number of benzene rings is 1. The van der Waals surface area contributed by atoms with Gasteiger partial charge < -0.3 is 5.11 Å². The van der Waals surface area contributed by atoms with Crippen molar-refractivity contribution >= 4 is 11.6 Å². The molecule has 0 unspecified atom stereocenters. The molecule has 12 heavy (non-hydrogen) atoms. The lowest BCUT2D eigenvalue weighted by atomic mass is 9.97.